The lowest BCUT2D eigenvalue weighted by molar-refractivity contribution is -0.125. The highest BCUT2D eigenvalue weighted by Gasteiger charge is 2.41. The number of carbonyl (C=O) groups excluding carboxylic acids is 1. The van der Waals surface area contributed by atoms with Crippen LogP contribution >= 0.6 is 0 Å². The van der Waals surface area contributed by atoms with Crippen LogP contribution < -0.4 is 15.1 Å². The highest BCUT2D eigenvalue weighted by molar-refractivity contribution is 5.82. The summed E-state index contributed by atoms with van der Waals surface area (Å²) in [4.78, 5) is 17.7. The summed E-state index contributed by atoms with van der Waals surface area (Å²) >= 11 is 0. The van der Waals surface area contributed by atoms with Crippen molar-refractivity contribution >= 4 is 17.3 Å². The molecule has 0 aromatic heterocycles. The molecule has 0 radical (unpaired) electrons. The molecule has 2 aliphatic rings. The Bertz CT molecular complexity index is 786. The number of para-hydroxylation sites is 1. The zero-order chi connectivity index (χ0) is 18.1. The monoisotopic (exact) mass is 349 g/mol. The summed E-state index contributed by atoms with van der Waals surface area (Å²) in [7, 11) is 0. The summed E-state index contributed by atoms with van der Waals surface area (Å²) in [6.07, 6.45) is 0.824. The Morgan fingerprint density at radius 1 is 1.12 bits per heavy atom. The van der Waals surface area contributed by atoms with Crippen molar-refractivity contribution in [1.82, 2.24) is 5.32 Å². The molecule has 2 heterocycles. The standard InChI is InChI=1S/C22H27N3O/c1-3-23-22(26)19-14-17-6-4-5-7-20(17)25-13-12-24(15-21(19)25)18-10-8-16(2)9-11-18/h4-11,19,21H,3,12-15H2,1-2H3,(H,23,26)/t19-,21-/m1/s1. The Kier molecular flexibility index (Phi) is 4.58. The third-order valence-corrected chi connectivity index (χ3v) is 5.71. The number of hydrogen-bond acceptors (Lipinski definition) is 3. The summed E-state index contributed by atoms with van der Waals surface area (Å²) in [5.74, 6) is 0.181. The van der Waals surface area contributed by atoms with Gasteiger partial charge in [-0.2, -0.15) is 0 Å². The van der Waals surface area contributed by atoms with Crippen LogP contribution in [0, 0.1) is 12.8 Å². The van der Waals surface area contributed by atoms with Gasteiger partial charge < -0.3 is 15.1 Å². The Morgan fingerprint density at radius 2 is 1.88 bits per heavy atom. The first-order valence-electron chi connectivity index (χ1n) is 9.61. The number of nitrogens with one attached hydrogen (secondary N) is 1. The molecule has 1 N–H and O–H groups in total. The second kappa shape index (κ2) is 7.02. The van der Waals surface area contributed by atoms with Gasteiger partial charge in [-0.15, -0.1) is 0 Å². The van der Waals surface area contributed by atoms with E-state index in [1.165, 1.54) is 22.5 Å². The van der Waals surface area contributed by atoms with E-state index in [4.69, 9.17) is 0 Å². The number of piperazine rings is 1. The first-order valence-corrected chi connectivity index (χ1v) is 9.61. The predicted octanol–water partition coefficient (Wildman–Crippen LogP) is 3.00. The summed E-state index contributed by atoms with van der Waals surface area (Å²) < 4.78 is 0. The molecular weight excluding hydrogens is 322 g/mol. The number of nitrogens with zero attached hydrogens (tertiary/aromatic N) is 2. The first-order chi connectivity index (χ1) is 12.7. The molecule has 2 aromatic rings. The summed E-state index contributed by atoms with van der Waals surface area (Å²) in [6, 6.07) is 17.5. The van der Waals surface area contributed by atoms with Crippen molar-refractivity contribution in [2.45, 2.75) is 26.3 Å². The molecule has 1 fully saturated rings. The van der Waals surface area contributed by atoms with Gasteiger partial charge in [-0.1, -0.05) is 35.9 Å². The van der Waals surface area contributed by atoms with E-state index in [2.05, 4.69) is 70.6 Å². The van der Waals surface area contributed by atoms with E-state index in [9.17, 15) is 4.79 Å². The van der Waals surface area contributed by atoms with E-state index >= 15 is 0 Å². The first kappa shape index (κ1) is 17.0. The zero-order valence-corrected chi connectivity index (χ0v) is 15.6. The molecule has 0 spiro atoms. The van der Waals surface area contributed by atoms with Crippen LogP contribution in [0.1, 0.15) is 18.1 Å². The van der Waals surface area contributed by atoms with Crippen molar-refractivity contribution < 1.29 is 4.79 Å². The Hall–Kier alpha value is -2.49. The fourth-order valence-electron chi connectivity index (χ4n) is 4.35. The maximum Gasteiger partial charge on any atom is 0.225 e. The van der Waals surface area contributed by atoms with E-state index in [0.717, 1.165) is 26.1 Å². The van der Waals surface area contributed by atoms with Crippen LogP contribution in [-0.4, -0.2) is 38.1 Å². The molecule has 2 atom stereocenters. The van der Waals surface area contributed by atoms with E-state index in [1.54, 1.807) is 0 Å². The van der Waals surface area contributed by atoms with Crippen LogP contribution in [0.2, 0.25) is 0 Å². The molecule has 0 aliphatic carbocycles. The lowest BCUT2D eigenvalue weighted by Crippen LogP contribution is -2.61. The number of amides is 1. The second-order valence-electron chi connectivity index (χ2n) is 7.38. The van der Waals surface area contributed by atoms with Gasteiger partial charge in [0, 0.05) is 37.6 Å². The van der Waals surface area contributed by atoms with Gasteiger partial charge >= 0.3 is 0 Å². The quantitative estimate of drug-likeness (QED) is 0.925. The summed E-state index contributed by atoms with van der Waals surface area (Å²) in [6.45, 7) is 7.61. The smallest absolute Gasteiger partial charge is 0.225 e. The number of anilines is 2. The van der Waals surface area contributed by atoms with Crippen molar-refractivity contribution in [1.29, 1.82) is 0 Å². The maximum absolute atomic E-state index is 12.8. The number of carbonyl (C=O) groups is 1. The molecule has 26 heavy (non-hydrogen) atoms. The Morgan fingerprint density at radius 3 is 2.65 bits per heavy atom. The largest absolute Gasteiger partial charge is 0.368 e. The number of fused-ring (bicyclic) bond motifs is 3. The molecule has 0 saturated carbocycles. The lowest BCUT2D eigenvalue weighted by atomic mass is 9.83. The molecule has 136 valence electrons. The van der Waals surface area contributed by atoms with E-state index in [-0.39, 0.29) is 17.9 Å². The van der Waals surface area contributed by atoms with Gasteiger partial charge in [0.25, 0.3) is 0 Å². The highest BCUT2D eigenvalue weighted by Crippen LogP contribution is 2.36. The molecule has 0 unspecified atom stereocenters. The van der Waals surface area contributed by atoms with Crippen molar-refractivity contribution in [3.63, 3.8) is 0 Å². The van der Waals surface area contributed by atoms with Crippen molar-refractivity contribution in [2.24, 2.45) is 5.92 Å². The SMILES string of the molecule is CCNC(=O)[C@@H]1Cc2ccccc2N2CCN(c3ccc(C)cc3)C[C@H]12. The van der Waals surface area contributed by atoms with Crippen molar-refractivity contribution in [3.8, 4) is 0 Å². The van der Waals surface area contributed by atoms with Crippen LogP contribution in [0.3, 0.4) is 0 Å². The van der Waals surface area contributed by atoms with Gasteiger partial charge in [-0.3, -0.25) is 4.79 Å². The number of benzene rings is 2. The topological polar surface area (TPSA) is 35.6 Å². The van der Waals surface area contributed by atoms with E-state index in [0.29, 0.717) is 6.54 Å². The predicted molar refractivity (Wildman–Crippen MR) is 107 cm³/mol. The molecular formula is C22H27N3O. The Balaban J connectivity index is 1.64. The second-order valence-corrected chi connectivity index (χ2v) is 7.38. The molecule has 4 rings (SSSR count). The van der Waals surface area contributed by atoms with Gasteiger partial charge in [0.05, 0.1) is 12.0 Å². The summed E-state index contributed by atoms with van der Waals surface area (Å²) in [5, 5.41) is 3.06. The molecule has 2 aromatic carbocycles. The molecule has 0 bridgehead atoms. The van der Waals surface area contributed by atoms with Crippen molar-refractivity contribution in [3.05, 3.63) is 59.7 Å². The molecule has 1 amide bonds. The molecule has 4 heteroatoms. The van der Waals surface area contributed by atoms with Crippen LogP contribution in [0.5, 0.6) is 0 Å². The zero-order valence-electron chi connectivity index (χ0n) is 15.6. The van der Waals surface area contributed by atoms with Crippen LogP contribution in [-0.2, 0) is 11.2 Å². The van der Waals surface area contributed by atoms with Gasteiger partial charge in [0.1, 0.15) is 0 Å². The number of rotatable bonds is 3. The minimum Gasteiger partial charge on any atom is -0.368 e. The highest BCUT2D eigenvalue weighted by atomic mass is 16.1. The van der Waals surface area contributed by atoms with Crippen LogP contribution in [0.25, 0.3) is 0 Å². The molecule has 4 nitrogen and oxygen atoms in total. The van der Waals surface area contributed by atoms with Gasteiger partial charge in [0.2, 0.25) is 5.91 Å². The molecule has 2 aliphatic heterocycles. The maximum atomic E-state index is 12.8. The van der Waals surface area contributed by atoms with Crippen LogP contribution in [0.15, 0.2) is 48.5 Å². The third-order valence-electron chi connectivity index (χ3n) is 5.71. The summed E-state index contributed by atoms with van der Waals surface area (Å²) in [5.41, 5.74) is 5.13. The fourth-order valence-corrected chi connectivity index (χ4v) is 4.35. The third kappa shape index (κ3) is 3.05. The Labute approximate surface area is 155 Å². The fraction of sp³-hybridized carbons (Fsp3) is 0.409. The van der Waals surface area contributed by atoms with Crippen LogP contribution in [0.4, 0.5) is 11.4 Å². The van der Waals surface area contributed by atoms with E-state index < -0.39 is 0 Å². The molecule has 1 saturated heterocycles. The normalized spacial score (nSPS) is 21.8. The van der Waals surface area contributed by atoms with Gasteiger partial charge in [0.15, 0.2) is 0 Å². The minimum absolute atomic E-state index is 0.00176. The van der Waals surface area contributed by atoms with Crippen molar-refractivity contribution in [2.75, 3.05) is 36.0 Å². The number of hydrogen-bond donors (Lipinski definition) is 1. The van der Waals surface area contributed by atoms with Gasteiger partial charge in [-0.05, 0) is 44.0 Å². The van der Waals surface area contributed by atoms with Gasteiger partial charge in [-0.25, -0.2) is 0 Å². The number of aryl methyl sites for hydroxylation is 1. The minimum atomic E-state index is -0.00176. The lowest BCUT2D eigenvalue weighted by Gasteiger charge is -2.49. The average Bonchev–Trinajstić information content (AvgIpc) is 2.67. The average molecular weight is 349 g/mol. The van der Waals surface area contributed by atoms with E-state index in [1.807, 2.05) is 6.92 Å².